The van der Waals surface area contributed by atoms with Gasteiger partial charge in [-0.05, 0) is 29.9 Å². The molecule has 0 aliphatic heterocycles. The van der Waals surface area contributed by atoms with Crippen molar-refractivity contribution in [1.82, 2.24) is 5.48 Å². The van der Waals surface area contributed by atoms with Gasteiger partial charge in [0.2, 0.25) is 0 Å². The van der Waals surface area contributed by atoms with Crippen molar-refractivity contribution in [3.63, 3.8) is 0 Å². The van der Waals surface area contributed by atoms with Crippen LogP contribution in [-0.2, 0) is 17.7 Å². The van der Waals surface area contributed by atoms with Crippen LogP contribution in [0.25, 0.3) is 0 Å². The molecule has 0 unspecified atom stereocenters. The van der Waals surface area contributed by atoms with Crippen LogP contribution in [-0.4, -0.2) is 12.6 Å². The van der Waals surface area contributed by atoms with Crippen LogP contribution in [0, 0.1) is 5.92 Å². The van der Waals surface area contributed by atoms with Crippen molar-refractivity contribution in [1.29, 1.82) is 0 Å². The number of hydroxylamine groups is 1. The molecule has 0 bridgehead atoms. The van der Waals surface area contributed by atoms with Crippen molar-refractivity contribution in [2.75, 3.05) is 6.61 Å². The molecule has 0 aliphatic rings. The van der Waals surface area contributed by atoms with E-state index in [9.17, 15) is 0 Å². The Morgan fingerprint density at radius 3 is 1.71 bits per heavy atom. The molecular formula is C19H25NO. The molecule has 1 N–H and O–H groups in total. The Kier molecular flexibility index (Phi) is 6.45. The summed E-state index contributed by atoms with van der Waals surface area (Å²) in [5, 5.41) is 0. The van der Waals surface area contributed by atoms with E-state index in [0.717, 1.165) is 19.4 Å². The summed E-state index contributed by atoms with van der Waals surface area (Å²) >= 11 is 0. The number of nitrogens with one attached hydrogen (secondary N) is 1. The SMILES string of the molecule is CC(C)CONC(Cc1ccccc1)Cc1ccccc1. The van der Waals surface area contributed by atoms with Crippen LogP contribution in [0.15, 0.2) is 60.7 Å². The lowest BCUT2D eigenvalue weighted by molar-refractivity contribution is 0.000962. The van der Waals surface area contributed by atoms with Crippen molar-refractivity contribution >= 4 is 0 Å². The van der Waals surface area contributed by atoms with Gasteiger partial charge >= 0.3 is 0 Å². The molecular weight excluding hydrogens is 258 g/mol. The third-order valence-electron chi connectivity index (χ3n) is 3.32. The van der Waals surface area contributed by atoms with E-state index in [0.29, 0.717) is 5.92 Å². The smallest absolute Gasteiger partial charge is 0.0705 e. The Labute approximate surface area is 128 Å². The molecule has 2 rings (SSSR count). The van der Waals surface area contributed by atoms with Crippen molar-refractivity contribution < 1.29 is 4.84 Å². The Bertz CT molecular complexity index is 454. The molecule has 2 heteroatoms. The summed E-state index contributed by atoms with van der Waals surface area (Å²) in [6.07, 6.45) is 1.93. The second-order valence-electron chi connectivity index (χ2n) is 5.90. The van der Waals surface area contributed by atoms with E-state index < -0.39 is 0 Å². The van der Waals surface area contributed by atoms with Gasteiger partial charge in [-0.1, -0.05) is 74.5 Å². The standard InChI is InChI=1S/C19H25NO/c1-16(2)15-21-20-19(13-17-9-5-3-6-10-17)14-18-11-7-4-8-12-18/h3-12,16,19-20H,13-15H2,1-2H3. The van der Waals surface area contributed by atoms with Gasteiger partial charge in [-0.25, -0.2) is 0 Å². The Hall–Kier alpha value is -1.64. The van der Waals surface area contributed by atoms with Gasteiger partial charge in [0.25, 0.3) is 0 Å². The molecule has 0 spiro atoms. The zero-order valence-electron chi connectivity index (χ0n) is 13.0. The molecule has 0 saturated carbocycles. The monoisotopic (exact) mass is 283 g/mol. The lowest BCUT2D eigenvalue weighted by atomic mass is 10.00. The summed E-state index contributed by atoms with van der Waals surface area (Å²) < 4.78 is 0. The van der Waals surface area contributed by atoms with Gasteiger partial charge in [0.15, 0.2) is 0 Å². The fraction of sp³-hybridized carbons (Fsp3) is 0.368. The minimum absolute atomic E-state index is 0.286. The normalized spacial score (nSPS) is 11.2. The molecule has 2 aromatic rings. The van der Waals surface area contributed by atoms with Crippen LogP contribution < -0.4 is 5.48 Å². The highest BCUT2D eigenvalue weighted by Gasteiger charge is 2.11. The predicted molar refractivity (Wildman–Crippen MR) is 88.0 cm³/mol. The zero-order valence-corrected chi connectivity index (χ0v) is 13.0. The first kappa shape index (κ1) is 15.7. The lowest BCUT2D eigenvalue weighted by Crippen LogP contribution is -2.34. The van der Waals surface area contributed by atoms with Crippen molar-refractivity contribution in [3.8, 4) is 0 Å². The lowest BCUT2D eigenvalue weighted by Gasteiger charge is -2.19. The summed E-state index contributed by atoms with van der Waals surface area (Å²) in [7, 11) is 0. The van der Waals surface area contributed by atoms with E-state index in [-0.39, 0.29) is 6.04 Å². The zero-order chi connectivity index (χ0) is 14.9. The Balaban J connectivity index is 1.96. The summed E-state index contributed by atoms with van der Waals surface area (Å²) in [5.74, 6) is 0.534. The highest BCUT2D eigenvalue weighted by molar-refractivity contribution is 5.19. The fourth-order valence-corrected chi connectivity index (χ4v) is 2.29. The second kappa shape index (κ2) is 8.60. The van der Waals surface area contributed by atoms with Crippen molar-refractivity contribution in [3.05, 3.63) is 71.8 Å². The van der Waals surface area contributed by atoms with Gasteiger partial charge in [0.1, 0.15) is 0 Å². The van der Waals surface area contributed by atoms with E-state index in [1.54, 1.807) is 0 Å². The predicted octanol–water partition coefficient (Wildman–Crippen LogP) is 4.02. The van der Waals surface area contributed by atoms with Crippen LogP contribution in [0.2, 0.25) is 0 Å². The van der Waals surface area contributed by atoms with Crippen LogP contribution in [0.5, 0.6) is 0 Å². The average molecular weight is 283 g/mol. The van der Waals surface area contributed by atoms with E-state index >= 15 is 0 Å². The molecule has 0 fully saturated rings. The third-order valence-corrected chi connectivity index (χ3v) is 3.32. The summed E-state index contributed by atoms with van der Waals surface area (Å²) in [4.78, 5) is 5.65. The van der Waals surface area contributed by atoms with E-state index in [1.165, 1.54) is 11.1 Å². The van der Waals surface area contributed by atoms with Crippen LogP contribution >= 0.6 is 0 Å². The maximum absolute atomic E-state index is 5.65. The molecule has 0 aromatic heterocycles. The number of benzene rings is 2. The van der Waals surface area contributed by atoms with Gasteiger partial charge in [0, 0.05) is 6.04 Å². The first-order valence-electron chi connectivity index (χ1n) is 7.69. The largest absolute Gasteiger partial charge is 0.301 e. The molecule has 21 heavy (non-hydrogen) atoms. The summed E-state index contributed by atoms with van der Waals surface area (Å²) in [6, 6.07) is 21.4. The minimum atomic E-state index is 0.286. The summed E-state index contributed by atoms with van der Waals surface area (Å²) in [5.41, 5.74) is 5.91. The van der Waals surface area contributed by atoms with E-state index in [1.807, 2.05) is 0 Å². The summed E-state index contributed by atoms with van der Waals surface area (Å²) in [6.45, 7) is 5.05. The molecule has 0 heterocycles. The Morgan fingerprint density at radius 1 is 0.810 bits per heavy atom. The molecule has 0 radical (unpaired) electrons. The number of hydrogen-bond donors (Lipinski definition) is 1. The maximum Gasteiger partial charge on any atom is 0.0705 e. The van der Waals surface area contributed by atoms with Crippen LogP contribution in [0.1, 0.15) is 25.0 Å². The molecule has 112 valence electrons. The second-order valence-corrected chi connectivity index (χ2v) is 5.90. The van der Waals surface area contributed by atoms with Crippen LogP contribution in [0.4, 0.5) is 0 Å². The molecule has 0 aliphatic carbocycles. The van der Waals surface area contributed by atoms with E-state index in [2.05, 4.69) is 80.0 Å². The molecule has 0 saturated heterocycles. The number of rotatable bonds is 8. The molecule has 2 nitrogen and oxygen atoms in total. The van der Waals surface area contributed by atoms with Gasteiger partial charge in [-0.3, -0.25) is 0 Å². The molecule has 0 atom stereocenters. The topological polar surface area (TPSA) is 21.3 Å². The first-order valence-corrected chi connectivity index (χ1v) is 7.69. The van der Waals surface area contributed by atoms with Gasteiger partial charge in [0.05, 0.1) is 6.61 Å². The minimum Gasteiger partial charge on any atom is -0.301 e. The van der Waals surface area contributed by atoms with Crippen molar-refractivity contribution in [2.24, 2.45) is 5.92 Å². The maximum atomic E-state index is 5.65. The van der Waals surface area contributed by atoms with Gasteiger partial charge in [-0.2, -0.15) is 5.48 Å². The fourth-order valence-electron chi connectivity index (χ4n) is 2.29. The average Bonchev–Trinajstić information content (AvgIpc) is 2.49. The highest BCUT2D eigenvalue weighted by atomic mass is 16.6. The molecule has 0 amide bonds. The van der Waals surface area contributed by atoms with E-state index in [4.69, 9.17) is 4.84 Å². The van der Waals surface area contributed by atoms with Gasteiger partial charge < -0.3 is 4.84 Å². The highest BCUT2D eigenvalue weighted by Crippen LogP contribution is 2.09. The van der Waals surface area contributed by atoms with Gasteiger partial charge in [-0.15, -0.1) is 0 Å². The number of hydrogen-bond acceptors (Lipinski definition) is 2. The Morgan fingerprint density at radius 2 is 1.29 bits per heavy atom. The first-order chi connectivity index (χ1) is 10.2. The van der Waals surface area contributed by atoms with Crippen molar-refractivity contribution in [2.45, 2.75) is 32.7 Å². The van der Waals surface area contributed by atoms with Crippen LogP contribution in [0.3, 0.4) is 0 Å². The molecule has 2 aromatic carbocycles. The third kappa shape index (κ3) is 6.11. The quantitative estimate of drug-likeness (QED) is 0.739.